The predicted molar refractivity (Wildman–Crippen MR) is 129 cm³/mol. The van der Waals surface area contributed by atoms with Gasteiger partial charge in [0.2, 0.25) is 0 Å². The lowest BCUT2D eigenvalue weighted by molar-refractivity contribution is 0.0842. The Bertz CT molecular complexity index is 986. The summed E-state index contributed by atoms with van der Waals surface area (Å²) >= 11 is 0. The number of aromatic nitrogens is 1. The number of hydrogen-bond donors (Lipinski definition) is 3. The largest absolute Gasteiger partial charge is 0.390 e. The number of rotatable bonds is 10. The molecule has 1 amide bonds. The van der Waals surface area contributed by atoms with E-state index in [-0.39, 0.29) is 12.5 Å². The maximum atomic E-state index is 12.6. The molecule has 2 aromatic rings. The highest BCUT2D eigenvalue weighted by Crippen LogP contribution is 2.18. The number of benzene rings is 1. The zero-order valence-electron chi connectivity index (χ0n) is 18.5. The standard InChI is InChI=1S/C25H31N5O2/c1-3-4-9-22(26-2)15-28-24-14-20(10-12-27-24)25(32)29-16-23(31)18-30-13-11-19-7-5-6-8-21(19)17-30/h3-10,12,14,23,31H,2,11,13,15-18H2,1H3,(H,27,28)(H,29,32)/b4-3-,22-9-/t23-/m0/s1. The molecule has 0 radical (unpaired) electrons. The summed E-state index contributed by atoms with van der Waals surface area (Å²) in [5.41, 5.74) is 3.93. The van der Waals surface area contributed by atoms with Gasteiger partial charge < -0.3 is 15.7 Å². The SMILES string of the molecule is C=N/C(=C\C=C/C)CNc1cc(C(=O)NC[C@H](O)CN2CCc3ccccc3C2)ccn1. The van der Waals surface area contributed by atoms with Crippen LogP contribution in [0.15, 0.2) is 71.5 Å². The zero-order valence-corrected chi connectivity index (χ0v) is 18.5. The lowest BCUT2D eigenvalue weighted by atomic mass is 10.00. The Hall–Kier alpha value is -3.29. The van der Waals surface area contributed by atoms with Gasteiger partial charge in [0, 0.05) is 37.9 Å². The summed E-state index contributed by atoms with van der Waals surface area (Å²) < 4.78 is 0. The number of allylic oxidation sites excluding steroid dienone is 3. The molecule has 3 rings (SSSR count). The van der Waals surface area contributed by atoms with E-state index in [1.165, 1.54) is 11.1 Å². The molecule has 168 valence electrons. The number of carbonyl (C=O) groups excluding carboxylic acids is 1. The maximum absolute atomic E-state index is 12.6. The molecule has 0 fully saturated rings. The van der Waals surface area contributed by atoms with Crippen molar-refractivity contribution in [3.8, 4) is 0 Å². The van der Waals surface area contributed by atoms with Gasteiger partial charge in [-0.25, -0.2) is 4.98 Å². The molecule has 0 aliphatic carbocycles. The molecule has 7 nitrogen and oxygen atoms in total. The van der Waals surface area contributed by atoms with Crippen molar-refractivity contribution in [2.45, 2.75) is 26.0 Å². The summed E-state index contributed by atoms with van der Waals surface area (Å²) in [6.45, 7) is 8.38. The number of nitrogens with one attached hydrogen (secondary N) is 2. The quantitative estimate of drug-likeness (QED) is 0.396. The highest BCUT2D eigenvalue weighted by molar-refractivity contribution is 5.94. The van der Waals surface area contributed by atoms with Gasteiger partial charge in [-0.05, 0) is 49.4 Å². The van der Waals surface area contributed by atoms with Gasteiger partial charge in [0.15, 0.2) is 0 Å². The van der Waals surface area contributed by atoms with Crippen LogP contribution >= 0.6 is 0 Å². The van der Waals surface area contributed by atoms with Gasteiger partial charge in [-0.3, -0.25) is 14.7 Å². The lowest BCUT2D eigenvalue weighted by Gasteiger charge is -2.30. The second-order valence-electron chi connectivity index (χ2n) is 7.74. The van der Waals surface area contributed by atoms with Crippen molar-refractivity contribution >= 4 is 18.4 Å². The minimum atomic E-state index is -0.637. The normalized spacial score (nSPS) is 15.2. The first kappa shape index (κ1) is 23.4. The fourth-order valence-corrected chi connectivity index (χ4v) is 3.61. The van der Waals surface area contributed by atoms with Crippen molar-refractivity contribution < 1.29 is 9.90 Å². The molecule has 32 heavy (non-hydrogen) atoms. The molecule has 0 unspecified atom stereocenters. The molecule has 0 saturated carbocycles. The molecule has 0 spiro atoms. The number of nitrogens with zero attached hydrogens (tertiary/aromatic N) is 3. The predicted octanol–water partition coefficient (Wildman–Crippen LogP) is 2.80. The number of anilines is 1. The van der Waals surface area contributed by atoms with E-state index >= 15 is 0 Å². The summed E-state index contributed by atoms with van der Waals surface area (Å²) in [6.07, 6.45) is 7.58. The van der Waals surface area contributed by atoms with Crippen LogP contribution < -0.4 is 10.6 Å². The van der Waals surface area contributed by atoms with Gasteiger partial charge in [0.25, 0.3) is 5.91 Å². The first-order chi connectivity index (χ1) is 15.6. The topological polar surface area (TPSA) is 89.8 Å². The molecule has 0 saturated heterocycles. The molecule has 1 aromatic heterocycles. The van der Waals surface area contributed by atoms with Crippen LogP contribution in [0.4, 0.5) is 5.82 Å². The van der Waals surface area contributed by atoms with E-state index in [9.17, 15) is 9.90 Å². The van der Waals surface area contributed by atoms with Crippen LogP contribution in [0.3, 0.4) is 0 Å². The molecule has 1 aliphatic rings. The van der Waals surface area contributed by atoms with E-state index < -0.39 is 6.10 Å². The fourth-order valence-electron chi connectivity index (χ4n) is 3.61. The van der Waals surface area contributed by atoms with Crippen molar-refractivity contribution in [2.24, 2.45) is 4.99 Å². The van der Waals surface area contributed by atoms with Crippen molar-refractivity contribution in [1.82, 2.24) is 15.2 Å². The Balaban J connectivity index is 1.47. The number of aliphatic hydroxyl groups excluding tert-OH is 1. The van der Waals surface area contributed by atoms with Crippen LogP contribution in [0, 0.1) is 0 Å². The molecule has 1 aliphatic heterocycles. The number of aliphatic imine (C=N–C) groups is 1. The van der Waals surface area contributed by atoms with E-state index in [1.54, 1.807) is 18.3 Å². The average Bonchev–Trinajstić information content (AvgIpc) is 2.82. The van der Waals surface area contributed by atoms with E-state index in [4.69, 9.17) is 0 Å². The third-order valence-electron chi connectivity index (χ3n) is 5.33. The van der Waals surface area contributed by atoms with Crippen molar-refractivity contribution in [3.05, 3.63) is 83.2 Å². The van der Waals surface area contributed by atoms with Crippen LogP contribution in [-0.4, -0.2) is 59.9 Å². The first-order valence-electron chi connectivity index (χ1n) is 10.8. The van der Waals surface area contributed by atoms with Gasteiger partial charge in [0.05, 0.1) is 18.3 Å². The number of hydrogen-bond acceptors (Lipinski definition) is 6. The number of fused-ring (bicyclic) bond motifs is 1. The molecule has 3 N–H and O–H groups in total. The van der Waals surface area contributed by atoms with E-state index in [0.717, 1.165) is 25.2 Å². The third-order valence-corrected chi connectivity index (χ3v) is 5.33. The number of β-amino-alcohol motifs (C(OH)–C–C–N with tert-alkyl or cyclic N) is 1. The second-order valence-corrected chi connectivity index (χ2v) is 7.74. The summed E-state index contributed by atoms with van der Waals surface area (Å²) in [6, 6.07) is 11.7. The van der Waals surface area contributed by atoms with Crippen LogP contribution in [0.2, 0.25) is 0 Å². The zero-order chi connectivity index (χ0) is 22.8. The van der Waals surface area contributed by atoms with Gasteiger partial charge in [-0.2, -0.15) is 0 Å². The van der Waals surface area contributed by atoms with Gasteiger partial charge in [-0.1, -0.05) is 36.4 Å². The molecular formula is C25H31N5O2. The Morgan fingerprint density at radius 3 is 2.94 bits per heavy atom. The second kappa shape index (κ2) is 11.9. The van der Waals surface area contributed by atoms with Gasteiger partial charge in [-0.15, -0.1) is 0 Å². The van der Waals surface area contributed by atoms with Crippen LogP contribution in [-0.2, 0) is 13.0 Å². The van der Waals surface area contributed by atoms with Crippen molar-refractivity contribution in [3.63, 3.8) is 0 Å². The fraction of sp³-hybridized carbons (Fsp3) is 0.320. The average molecular weight is 434 g/mol. The van der Waals surface area contributed by atoms with Crippen molar-refractivity contribution in [2.75, 3.05) is 31.5 Å². The molecule has 0 bridgehead atoms. The van der Waals surface area contributed by atoms with Gasteiger partial charge in [0.1, 0.15) is 5.82 Å². The third kappa shape index (κ3) is 6.87. The summed E-state index contributed by atoms with van der Waals surface area (Å²) in [7, 11) is 0. The van der Waals surface area contributed by atoms with E-state index in [1.807, 2.05) is 31.2 Å². The first-order valence-corrected chi connectivity index (χ1v) is 10.8. The van der Waals surface area contributed by atoms with Crippen LogP contribution in [0.25, 0.3) is 0 Å². The summed E-state index contributed by atoms with van der Waals surface area (Å²) in [5.74, 6) is 0.324. The van der Waals surface area contributed by atoms with Crippen molar-refractivity contribution in [1.29, 1.82) is 0 Å². The number of amides is 1. The number of aliphatic hydroxyl groups is 1. The maximum Gasteiger partial charge on any atom is 0.251 e. The van der Waals surface area contributed by atoms with E-state index in [2.05, 4.69) is 50.4 Å². The summed E-state index contributed by atoms with van der Waals surface area (Å²) in [5, 5.41) is 16.4. The minimum absolute atomic E-state index is 0.193. The Morgan fingerprint density at radius 1 is 1.34 bits per heavy atom. The molecule has 7 heteroatoms. The van der Waals surface area contributed by atoms with Crippen LogP contribution in [0.5, 0.6) is 0 Å². The van der Waals surface area contributed by atoms with E-state index in [0.29, 0.717) is 24.5 Å². The Labute approximate surface area is 189 Å². The number of carbonyl (C=O) groups is 1. The molecular weight excluding hydrogens is 402 g/mol. The molecule has 1 atom stereocenters. The number of pyridine rings is 1. The highest BCUT2D eigenvalue weighted by atomic mass is 16.3. The Morgan fingerprint density at radius 2 is 2.16 bits per heavy atom. The summed E-state index contributed by atoms with van der Waals surface area (Å²) in [4.78, 5) is 23.0. The monoisotopic (exact) mass is 433 g/mol. The van der Waals surface area contributed by atoms with Crippen LogP contribution in [0.1, 0.15) is 28.4 Å². The van der Waals surface area contributed by atoms with Gasteiger partial charge >= 0.3 is 0 Å². The Kier molecular flexibility index (Phi) is 8.71. The lowest BCUT2D eigenvalue weighted by Crippen LogP contribution is -2.42. The minimum Gasteiger partial charge on any atom is -0.390 e. The highest BCUT2D eigenvalue weighted by Gasteiger charge is 2.19. The smallest absolute Gasteiger partial charge is 0.251 e. The molecule has 1 aromatic carbocycles. The molecule has 2 heterocycles.